The molecule has 22 heavy (non-hydrogen) atoms. The van der Waals surface area contributed by atoms with E-state index in [9.17, 15) is 4.79 Å². The fraction of sp³-hybridized carbons (Fsp3) is 0.200. The van der Waals surface area contributed by atoms with Gasteiger partial charge in [-0.05, 0) is 12.1 Å². The quantitative estimate of drug-likeness (QED) is 0.635. The standard InChI is InChI=1S/C15H14Cl3N3O/c16-15(17,18)14(20-9-11-5-2-1-3-6-11)21-13(22)12-7-4-8-19-10-12/h1-8,10,14,20H,9H2,(H,21,22)/p+1/t14-/m0/s1. The highest BCUT2D eigenvalue weighted by Gasteiger charge is 2.37. The van der Waals surface area contributed by atoms with E-state index in [0.717, 1.165) is 5.56 Å². The van der Waals surface area contributed by atoms with Crippen LogP contribution in [0.3, 0.4) is 0 Å². The number of nitrogens with zero attached hydrogens (tertiary/aromatic N) is 1. The van der Waals surface area contributed by atoms with Gasteiger partial charge in [-0.3, -0.25) is 15.1 Å². The predicted molar refractivity (Wildman–Crippen MR) is 87.9 cm³/mol. The van der Waals surface area contributed by atoms with Crippen molar-refractivity contribution in [3.05, 3.63) is 66.0 Å². The van der Waals surface area contributed by atoms with E-state index in [1.165, 1.54) is 6.20 Å². The van der Waals surface area contributed by atoms with Crippen LogP contribution in [0.25, 0.3) is 0 Å². The zero-order valence-electron chi connectivity index (χ0n) is 11.5. The Kier molecular flexibility index (Phi) is 6.03. The number of nitrogens with two attached hydrogens (primary N) is 1. The second-order valence-electron chi connectivity index (χ2n) is 4.66. The molecule has 7 heteroatoms. The van der Waals surface area contributed by atoms with Crippen LogP contribution in [0.4, 0.5) is 0 Å². The second-order valence-corrected chi connectivity index (χ2v) is 7.03. The molecule has 1 atom stereocenters. The van der Waals surface area contributed by atoms with Crippen molar-refractivity contribution in [2.75, 3.05) is 0 Å². The number of carbonyl (C=O) groups is 1. The number of hydrogen-bond acceptors (Lipinski definition) is 2. The van der Waals surface area contributed by atoms with Gasteiger partial charge in [-0.25, -0.2) is 0 Å². The molecule has 0 saturated heterocycles. The topological polar surface area (TPSA) is 58.6 Å². The molecule has 4 nitrogen and oxygen atoms in total. The summed E-state index contributed by atoms with van der Waals surface area (Å²) in [5, 5.41) is 4.49. The van der Waals surface area contributed by atoms with Crippen LogP contribution in [-0.4, -0.2) is 20.8 Å². The van der Waals surface area contributed by atoms with Crippen molar-refractivity contribution in [1.29, 1.82) is 0 Å². The molecule has 0 spiro atoms. The van der Waals surface area contributed by atoms with Crippen molar-refractivity contribution in [2.45, 2.75) is 16.5 Å². The molecule has 0 fully saturated rings. The summed E-state index contributed by atoms with van der Waals surface area (Å²) in [5.74, 6) is -0.339. The largest absolute Gasteiger partial charge is 0.319 e. The Bertz CT molecular complexity index is 602. The number of rotatable bonds is 5. The normalized spacial score (nSPS) is 12.7. The molecule has 0 unspecified atom stereocenters. The Balaban J connectivity index is 2.02. The minimum atomic E-state index is -1.63. The van der Waals surface area contributed by atoms with Crippen molar-refractivity contribution in [2.24, 2.45) is 0 Å². The summed E-state index contributed by atoms with van der Waals surface area (Å²) in [6.07, 6.45) is 2.33. The fourth-order valence-corrected chi connectivity index (χ4v) is 2.29. The van der Waals surface area contributed by atoms with Gasteiger partial charge in [0.25, 0.3) is 9.70 Å². The smallest absolute Gasteiger partial charge is 0.262 e. The van der Waals surface area contributed by atoms with E-state index in [1.54, 1.807) is 23.6 Å². The number of nitrogens with one attached hydrogen (secondary N) is 1. The molecule has 1 aromatic carbocycles. The molecule has 3 N–H and O–H groups in total. The van der Waals surface area contributed by atoms with Crippen LogP contribution < -0.4 is 10.6 Å². The third-order valence-electron chi connectivity index (χ3n) is 3.00. The summed E-state index contributed by atoms with van der Waals surface area (Å²) in [7, 11) is 0. The van der Waals surface area contributed by atoms with Crippen LogP contribution in [0.15, 0.2) is 54.9 Å². The average Bonchev–Trinajstić information content (AvgIpc) is 2.52. The van der Waals surface area contributed by atoms with Crippen LogP contribution in [0.1, 0.15) is 15.9 Å². The Hall–Kier alpha value is -1.33. The number of hydrogen-bond donors (Lipinski definition) is 2. The highest BCUT2D eigenvalue weighted by molar-refractivity contribution is 6.68. The maximum absolute atomic E-state index is 12.2. The van der Waals surface area contributed by atoms with Gasteiger partial charge in [0.05, 0.1) is 5.56 Å². The molecule has 0 bridgehead atoms. The minimum Gasteiger partial charge on any atom is -0.319 e. The molecule has 1 amide bonds. The van der Waals surface area contributed by atoms with Crippen LogP contribution in [0.5, 0.6) is 0 Å². The Morgan fingerprint density at radius 1 is 1.18 bits per heavy atom. The Morgan fingerprint density at radius 3 is 2.50 bits per heavy atom. The van der Waals surface area contributed by atoms with Gasteiger partial charge in [0.1, 0.15) is 6.54 Å². The molecule has 1 aromatic heterocycles. The molecule has 0 saturated carbocycles. The Morgan fingerprint density at radius 2 is 1.91 bits per heavy atom. The lowest BCUT2D eigenvalue weighted by Gasteiger charge is -2.23. The first kappa shape index (κ1) is 17.0. The number of pyridine rings is 1. The van der Waals surface area contributed by atoms with E-state index in [0.29, 0.717) is 12.1 Å². The van der Waals surface area contributed by atoms with Crippen molar-refractivity contribution < 1.29 is 10.1 Å². The van der Waals surface area contributed by atoms with E-state index in [2.05, 4.69) is 10.3 Å². The van der Waals surface area contributed by atoms with Gasteiger partial charge in [-0.15, -0.1) is 0 Å². The van der Waals surface area contributed by atoms with Crippen LogP contribution in [0, 0.1) is 0 Å². The number of benzene rings is 1. The third-order valence-corrected chi connectivity index (χ3v) is 3.70. The summed E-state index contributed by atoms with van der Waals surface area (Å²) >= 11 is 17.9. The monoisotopic (exact) mass is 358 g/mol. The lowest BCUT2D eigenvalue weighted by atomic mass is 10.2. The lowest BCUT2D eigenvalue weighted by Crippen LogP contribution is -2.95. The van der Waals surface area contributed by atoms with Crippen molar-refractivity contribution in [1.82, 2.24) is 10.3 Å². The zero-order valence-corrected chi connectivity index (χ0v) is 13.8. The molecular formula is C15H15Cl3N3O+. The highest BCUT2D eigenvalue weighted by atomic mass is 35.6. The van der Waals surface area contributed by atoms with Gasteiger partial charge in [-0.2, -0.15) is 0 Å². The first-order valence-corrected chi connectivity index (χ1v) is 7.75. The molecule has 0 aliphatic carbocycles. The SMILES string of the molecule is O=C(N[C@H]([NH2+]Cc1ccccc1)C(Cl)(Cl)Cl)c1cccnc1. The number of aromatic nitrogens is 1. The highest BCUT2D eigenvalue weighted by Crippen LogP contribution is 2.27. The summed E-state index contributed by atoms with van der Waals surface area (Å²) in [6, 6.07) is 13.1. The van der Waals surface area contributed by atoms with Gasteiger partial charge in [-0.1, -0.05) is 65.1 Å². The summed E-state index contributed by atoms with van der Waals surface area (Å²) in [6.45, 7) is 0.576. The van der Waals surface area contributed by atoms with Gasteiger partial charge < -0.3 is 5.32 Å². The molecule has 116 valence electrons. The molecule has 2 rings (SSSR count). The van der Waals surface area contributed by atoms with Crippen LogP contribution in [-0.2, 0) is 6.54 Å². The third kappa shape index (κ3) is 5.14. The Labute approximate surface area is 143 Å². The van der Waals surface area contributed by atoms with E-state index in [4.69, 9.17) is 34.8 Å². The molecule has 0 radical (unpaired) electrons. The van der Waals surface area contributed by atoms with Gasteiger partial charge in [0.2, 0.25) is 6.17 Å². The zero-order chi connectivity index (χ0) is 16.0. The molecule has 2 aromatic rings. The number of halogens is 3. The second kappa shape index (κ2) is 7.79. The van der Waals surface area contributed by atoms with Crippen LogP contribution >= 0.6 is 34.8 Å². The first-order chi connectivity index (χ1) is 10.5. The van der Waals surface area contributed by atoms with Crippen molar-refractivity contribution >= 4 is 40.7 Å². The first-order valence-electron chi connectivity index (χ1n) is 6.61. The predicted octanol–water partition coefficient (Wildman–Crippen LogP) is 2.27. The lowest BCUT2D eigenvalue weighted by molar-refractivity contribution is -0.706. The molecule has 1 heterocycles. The van der Waals surface area contributed by atoms with E-state index in [1.807, 2.05) is 30.3 Å². The van der Waals surface area contributed by atoms with Crippen molar-refractivity contribution in [3.8, 4) is 0 Å². The van der Waals surface area contributed by atoms with E-state index < -0.39 is 9.96 Å². The summed E-state index contributed by atoms with van der Waals surface area (Å²) in [5.41, 5.74) is 1.48. The number of quaternary nitrogens is 1. The molecular weight excluding hydrogens is 345 g/mol. The maximum Gasteiger partial charge on any atom is 0.262 e. The number of carbonyl (C=O) groups excluding carboxylic acids is 1. The van der Waals surface area contributed by atoms with E-state index >= 15 is 0 Å². The maximum atomic E-state index is 12.2. The minimum absolute atomic E-state index is 0.339. The van der Waals surface area contributed by atoms with Crippen molar-refractivity contribution in [3.63, 3.8) is 0 Å². The summed E-state index contributed by atoms with van der Waals surface area (Å²) in [4.78, 5) is 16.1. The summed E-state index contributed by atoms with van der Waals surface area (Å²) < 4.78 is -1.63. The molecule has 0 aliphatic heterocycles. The number of alkyl halides is 3. The van der Waals surface area contributed by atoms with E-state index in [-0.39, 0.29) is 5.91 Å². The number of amides is 1. The van der Waals surface area contributed by atoms with Crippen LogP contribution in [0.2, 0.25) is 0 Å². The van der Waals surface area contributed by atoms with Gasteiger partial charge >= 0.3 is 0 Å². The van der Waals surface area contributed by atoms with Gasteiger partial charge in [0, 0.05) is 18.0 Å². The van der Waals surface area contributed by atoms with Gasteiger partial charge in [0.15, 0.2) is 0 Å². The molecule has 0 aliphatic rings. The fourth-order valence-electron chi connectivity index (χ4n) is 1.86. The average molecular weight is 360 g/mol.